The lowest BCUT2D eigenvalue weighted by Crippen LogP contribution is -2.31. The summed E-state index contributed by atoms with van der Waals surface area (Å²) in [7, 11) is -3.74. The fraction of sp³-hybridized carbons (Fsp3) is 0.174. The Kier molecular flexibility index (Phi) is 7.68. The number of sulfonamides is 1. The van der Waals surface area contributed by atoms with Crippen LogP contribution in [0.25, 0.3) is 0 Å². The summed E-state index contributed by atoms with van der Waals surface area (Å²) in [6.45, 7) is 1.80. The average molecular weight is 459 g/mol. The number of benzene rings is 3. The molecular formula is C23H23ClN2O4S. The second kappa shape index (κ2) is 10.4. The Morgan fingerprint density at radius 3 is 2.29 bits per heavy atom. The molecule has 6 nitrogen and oxygen atoms in total. The van der Waals surface area contributed by atoms with Crippen LogP contribution in [-0.4, -0.2) is 20.9 Å². The number of carbonyl (C=O) groups excluding carboxylic acids is 1. The van der Waals surface area contributed by atoms with Crippen molar-refractivity contribution in [3.63, 3.8) is 0 Å². The summed E-state index contributed by atoms with van der Waals surface area (Å²) in [5.41, 5.74) is 1.82. The van der Waals surface area contributed by atoms with Gasteiger partial charge in [0.1, 0.15) is 5.75 Å². The molecule has 2 N–H and O–H groups in total. The molecule has 8 heteroatoms. The molecule has 0 unspecified atom stereocenters. The maximum Gasteiger partial charge on any atom is 0.258 e. The van der Waals surface area contributed by atoms with Gasteiger partial charge in [-0.25, -0.2) is 13.1 Å². The van der Waals surface area contributed by atoms with Crippen molar-refractivity contribution in [2.24, 2.45) is 0 Å². The highest BCUT2D eigenvalue weighted by molar-refractivity contribution is 7.89. The van der Waals surface area contributed by atoms with Crippen LogP contribution in [0.4, 0.5) is 0 Å². The molecule has 0 spiro atoms. The fourth-order valence-corrected chi connectivity index (χ4v) is 4.22. The van der Waals surface area contributed by atoms with Gasteiger partial charge in [-0.3, -0.25) is 4.79 Å². The fourth-order valence-electron chi connectivity index (χ4n) is 2.87. The molecule has 0 aliphatic carbocycles. The molecule has 3 aromatic carbocycles. The minimum absolute atomic E-state index is 0.0166. The molecule has 0 saturated carbocycles. The van der Waals surface area contributed by atoms with Crippen LogP contribution in [0.15, 0.2) is 83.8 Å². The smallest absolute Gasteiger partial charge is 0.258 e. The summed E-state index contributed by atoms with van der Waals surface area (Å²) in [5.74, 6) is -0.0835. The first-order chi connectivity index (χ1) is 14.8. The SMILES string of the molecule is C[C@H](NC(=O)COc1ccc(S(=O)(=O)NCc2ccccc2)cc1Cl)c1ccccc1. The zero-order chi connectivity index (χ0) is 22.3. The molecule has 0 fully saturated rings. The lowest BCUT2D eigenvalue weighted by molar-refractivity contribution is -0.123. The number of hydrogen-bond donors (Lipinski definition) is 2. The molecule has 1 atom stereocenters. The molecule has 0 aliphatic heterocycles. The van der Waals surface area contributed by atoms with E-state index < -0.39 is 10.0 Å². The molecule has 0 bridgehead atoms. The summed E-state index contributed by atoms with van der Waals surface area (Å²) in [6.07, 6.45) is 0. The van der Waals surface area contributed by atoms with Crippen molar-refractivity contribution < 1.29 is 17.9 Å². The van der Waals surface area contributed by atoms with Gasteiger partial charge < -0.3 is 10.1 Å². The largest absolute Gasteiger partial charge is 0.482 e. The predicted molar refractivity (Wildman–Crippen MR) is 120 cm³/mol. The van der Waals surface area contributed by atoms with Gasteiger partial charge in [-0.2, -0.15) is 0 Å². The summed E-state index contributed by atoms with van der Waals surface area (Å²) in [5, 5.41) is 2.94. The predicted octanol–water partition coefficient (Wildman–Crippen LogP) is 4.07. The van der Waals surface area contributed by atoms with E-state index in [4.69, 9.17) is 16.3 Å². The molecule has 0 radical (unpaired) electrons. The first kappa shape index (κ1) is 22.8. The molecule has 0 saturated heterocycles. The molecule has 0 aliphatic rings. The number of hydrogen-bond acceptors (Lipinski definition) is 4. The first-order valence-electron chi connectivity index (χ1n) is 9.65. The van der Waals surface area contributed by atoms with Crippen molar-refractivity contribution in [3.05, 3.63) is 95.0 Å². The zero-order valence-corrected chi connectivity index (χ0v) is 18.5. The Morgan fingerprint density at radius 1 is 1.00 bits per heavy atom. The van der Waals surface area contributed by atoms with Crippen molar-refractivity contribution in [2.45, 2.75) is 24.4 Å². The van der Waals surface area contributed by atoms with Crippen LogP contribution in [0.3, 0.4) is 0 Å². The quantitative estimate of drug-likeness (QED) is 0.506. The van der Waals surface area contributed by atoms with Gasteiger partial charge in [-0.15, -0.1) is 0 Å². The second-order valence-electron chi connectivity index (χ2n) is 6.89. The molecule has 31 heavy (non-hydrogen) atoms. The zero-order valence-electron chi connectivity index (χ0n) is 16.9. The van der Waals surface area contributed by atoms with E-state index in [-0.39, 0.29) is 40.8 Å². The van der Waals surface area contributed by atoms with Crippen LogP contribution in [0.1, 0.15) is 24.1 Å². The minimum Gasteiger partial charge on any atom is -0.482 e. The lowest BCUT2D eigenvalue weighted by atomic mass is 10.1. The van der Waals surface area contributed by atoms with E-state index >= 15 is 0 Å². The molecule has 3 aromatic rings. The third-order valence-corrected chi connectivity index (χ3v) is 6.25. The van der Waals surface area contributed by atoms with Crippen molar-refractivity contribution in [3.8, 4) is 5.75 Å². The molecule has 162 valence electrons. The topological polar surface area (TPSA) is 84.5 Å². The number of halogens is 1. The van der Waals surface area contributed by atoms with E-state index in [0.29, 0.717) is 0 Å². The van der Waals surface area contributed by atoms with Crippen LogP contribution in [0.2, 0.25) is 5.02 Å². The van der Waals surface area contributed by atoms with E-state index in [1.807, 2.05) is 67.6 Å². The van der Waals surface area contributed by atoms with E-state index in [9.17, 15) is 13.2 Å². The van der Waals surface area contributed by atoms with Gasteiger partial charge in [0.05, 0.1) is 16.0 Å². The third-order valence-electron chi connectivity index (χ3n) is 4.56. The van der Waals surface area contributed by atoms with Gasteiger partial charge in [0, 0.05) is 6.54 Å². The highest BCUT2D eigenvalue weighted by Gasteiger charge is 2.17. The minimum atomic E-state index is -3.74. The number of ether oxygens (including phenoxy) is 1. The van der Waals surface area contributed by atoms with Crippen LogP contribution < -0.4 is 14.8 Å². The Morgan fingerprint density at radius 2 is 1.65 bits per heavy atom. The normalized spacial score (nSPS) is 12.2. The van der Waals surface area contributed by atoms with Crippen molar-refractivity contribution in [2.75, 3.05) is 6.61 Å². The summed E-state index contributed by atoms with van der Waals surface area (Å²) in [6, 6.07) is 22.7. The van der Waals surface area contributed by atoms with Crippen LogP contribution in [-0.2, 0) is 21.4 Å². The van der Waals surface area contributed by atoms with Gasteiger partial charge in [-0.05, 0) is 36.2 Å². The Labute approximate surface area is 187 Å². The van der Waals surface area contributed by atoms with E-state index in [0.717, 1.165) is 11.1 Å². The first-order valence-corrected chi connectivity index (χ1v) is 11.5. The standard InChI is InChI=1S/C23H23ClN2O4S/c1-17(19-10-6-3-7-11-19)26-23(27)16-30-22-13-12-20(14-21(22)24)31(28,29)25-15-18-8-4-2-5-9-18/h2-14,17,25H,15-16H2,1H3,(H,26,27)/t17-/m0/s1. The van der Waals surface area contributed by atoms with Crippen molar-refractivity contribution >= 4 is 27.5 Å². The number of amides is 1. The van der Waals surface area contributed by atoms with Crippen LogP contribution in [0.5, 0.6) is 5.75 Å². The number of nitrogens with one attached hydrogen (secondary N) is 2. The van der Waals surface area contributed by atoms with E-state index in [1.165, 1.54) is 18.2 Å². The summed E-state index contributed by atoms with van der Waals surface area (Å²) in [4.78, 5) is 12.2. The van der Waals surface area contributed by atoms with Gasteiger partial charge in [0.2, 0.25) is 10.0 Å². The molecule has 0 heterocycles. The van der Waals surface area contributed by atoms with Crippen molar-refractivity contribution in [1.82, 2.24) is 10.0 Å². The Bertz CT molecular complexity index is 1120. The highest BCUT2D eigenvalue weighted by atomic mass is 35.5. The highest BCUT2D eigenvalue weighted by Crippen LogP contribution is 2.27. The average Bonchev–Trinajstić information content (AvgIpc) is 2.78. The van der Waals surface area contributed by atoms with Crippen LogP contribution >= 0.6 is 11.6 Å². The maximum atomic E-state index is 12.5. The van der Waals surface area contributed by atoms with Crippen molar-refractivity contribution in [1.29, 1.82) is 0 Å². The number of carbonyl (C=O) groups is 1. The third kappa shape index (κ3) is 6.55. The summed E-state index contributed by atoms with van der Waals surface area (Å²) < 4.78 is 33.0. The van der Waals surface area contributed by atoms with Gasteiger partial charge in [-0.1, -0.05) is 72.3 Å². The molecule has 3 rings (SSSR count). The second-order valence-corrected chi connectivity index (χ2v) is 9.07. The maximum absolute atomic E-state index is 12.5. The lowest BCUT2D eigenvalue weighted by Gasteiger charge is -2.15. The Hall–Kier alpha value is -2.87. The van der Waals surface area contributed by atoms with Gasteiger partial charge >= 0.3 is 0 Å². The number of rotatable bonds is 9. The molecule has 1 amide bonds. The van der Waals surface area contributed by atoms with E-state index in [2.05, 4.69) is 10.0 Å². The van der Waals surface area contributed by atoms with Gasteiger partial charge in [0.15, 0.2) is 6.61 Å². The monoisotopic (exact) mass is 458 g/mol. The summed E-state index contributed by atoms with van der Waals surface area (Å²) >= 11 is 6.19. The van der Waals surface area contributed by atoms with Gasteiger partial charge in [0.25, 0.3) is 5.91 Å². The molecular weight excluding hydrogens is 436 g/mol. The Balaban J connectivity index is 1.57. The van der Waals surface area contributed by atoms with Crippen LogP contribution in [0, 0.1) is 0 Å². The molecule has 0 aromatic heterocycles. The van der Waals surface area contributed by atoms with E-state index in [1.54, 1.807) is 0 Å².